The third-order valence-electron chi connectivity index (χ3n) is 2.49. The Labute approximate surface area is 105 Å². The summed E-state index contributed by atoms with van der Waals surface area (Å²) in [6.07, 6.45) is 0. The molecule has 0 unspecified atom stereocenters. The van der Waals surface area contributed by atoms with Crippen LogP contribution in [0.3, 0.4) is 0 Å². The van der Waals surface area contributed by atoms with Crippen LogP contribution < -0.4 is 0 Å². The summed E-state index contributed by atoms with van der Waals surface area (Å²) in [7, 11) is -4.29. The molecule has 0 aromatic heterocycles. The van der Waals surface area contributed by atoms with Crippen LogP contribution in [0, 0.1) is 11.3 Å². The third kappa shape index (κ3) is 2.40. The van der Waals surface area contributed by atoms with E-state index in [0.717, 1.165) is 11.6 Å². The highest BCUT2D eigenvalue weighted by Gasteiger charge is 2.13. The van der Waals surface area contributed by atoms with Gasteiger partial charge >= 0.3 is 0 Å². The Morgan fingerprint density at radius 3 is 2.28 bits per heavy atom. The van der Waals surface area contributed by atoms with E-state index in [-0.39, 0.29) is 10.5 Å². The molecule has 18 heavy (non-hydrogen) atoms. The molecular weight excluding hydrogens is 250 g/mol. The van der Waals surface area contributed by atoms with Crippen molar-refractivity contribution >= 4 is 10.1 Å². The first kappa shape index (κ1) is 12.3. The fourth-order valence-electron chi connectivity index (χ4n) is 1.65. The van der Waals surface area contributed by atoms with Crippen LogP contribution in [0.25, 0.3) is 11.1 Å². The lowest BCUT2D eigenvalue weighted by Crippen LogP contribution is -1.99. The van der Waals surface area contributed by atoms with Crippen molar-refractivity contribution in [1.82, 2.24) is 0 Å². The van der Waals surface area contributed by atoms with Crippen molar-refractivity contribution in [3.63, 3.8) is 0 Å². The SMILES string of the molecule is N#Cc1cc(S(=O)(=O)O)ccc1-c1ccccc1. The van der Waals surface area contributed by atoms with Crippen LogP contribution in [-0.4, -0.2) is 13.0 Å². The maximum Gasteiger partial charge on any atom is 0.294 e. The van der Waals surface area contributed by atoms with Crippen LogP contribution in [0.5, 0.6) is 0 Å². The average molecular weight is 259 g/mol. The molecule has 90 valence electrons. The van der Waals surface area contributed by atoms with Crippen LogP contribution in [0.1, 0.15) is 5.56 Å². The maximum atomic E-state index is 11.0. The molecule has 0 heterocycles. The number of nitrogens with zero attached hydrogens (tertiary/aromatic N) is 1. The number of rotatable bonds is 2. The zero-order chi connectivity index (χ0) is 13.2. The van der Waals surface area contributed by atoms with Gasteiger partial charge in [-0.1, -0.05) is 36.4 Å². The first-order chi connectivity index (χ1) is 8.52. The molecule has 0 bridgehead atoms. The molecule has 2 rings (SSSR count). The molecule has 0 radical (unpaired) electrons. The van der Waals surface area contributed by atoms with Crippen LogP contribution in [0.4, 0.5) is 0 Å². The van der Waals surface area contributed by atoms with Crippen molar-refractivity contribution < 1.29 is 13.0 Å². The molecule has 4 nitrogen and oxygen atoms in total. The quantitative estimate of drug-likeness (QED) is 0.840. The standard InChI is InChI=1S/C13H9NO3S/c14-9-11-8-12(18(15,16)17)6-7-13(11)10-4-2-1-3-5-10/h1-8H,(H,15,16,17). The number of benzene rings is 2. The Kier molecular flexibility index (Phi) is 3.15. The lowest BCUT2D eigenvalue weighted by atomic mass is 10.0. The van der Waals surface area contributed by atoms with Gasteiger partial charge < -0.3 is 0 Å². The van der Waals surface area contributed by atoms with Crippen LogP contribution >= 0.6 is 0 Å². The first-order valence-corrected chi connectivity index (χ1v) is 6.53. The monoisotopic (exact) mass is 259 g/mol. The zero-order valence-electron chi connectivity index (χ0n) is 9.24. The second kappa shape index (κ2) is 4.61. The summed E-state index contributed by atoms with van der Waals surface area (Å²) < 4.78 is 30.9. The van der Waals surface area contributed by atoms with Crippen LogP contribution in [0.2, 0.25) is 0 Å². The van der Waals surface area contributed by atoms with E-state index >= 15 is 0 Å². The van der Waals surface area contributed by atoms with Crippen molar-refractivity contribution in [1.29, 1.82) is 5.26 Å². The van der Waals surface area contributed by atoms with Gasteiger partial charge in [0.1, 0.15) is 0 Å². The Bertz CT molecular complexity index is 716. The highest BCUT2D eigenvalue weighted by Crippen LogP contribution is 2.25. The Morgan fingerprint density at radius 1 is 1.06 bits per heavy atom. The largest absolute Gasteiger partial charge is 0.294 e. The van der Waals surface area contributed by atoms with E-state index in [2.05, 4.69) is 0 Å². The Balaban J connectivity index is 2.63. The minimum absolute atomic E-state index is 0.205. The molecule has 0 amide bonds. The smallest absolute Gasteiger partial charge is 0.282 e. The lowest BCUT2D eigenvalue weighted by molar-refractivity contribution is 0.483. The van der Waals surface area contributed by atoms with Gasteiger partial charge in [0.15, 0.2) is 0 Å². The highest BCUT2D eigenvalue weighted by molar-refractivity contribution is 7.85. The molecule has 5 heteroatoms. The van der Waals surface area contributed by atoms with E-state index in [1.54, 1.807) is 0 Å². The van der Waals surface area contributed by atoms with Gasteiger partial charge in [-0.3, -0.25) is 4.55 Å². The van der Waals surface area contributed by atoms with Gasteiger partial charge in [-0.2, -0.15) is 13.7 Å². The van der Waals surface area contributed by atoms with Crippen molar-refractivity contribution in [2.45, 2.75) is 4.90 Å². The predicted molar refractivity (Wildman–Crippen MR) is 66.4 cm³/mol. The summed E-state index contributed by atoms with van der Waals surface area (Å²) in [6, 6.07) is 15.0. The Hall–Kier alpha value is -2.16. The molecule has 0 aliphatic rings. The highest BCUT2D eigenvalue weighted by atomic mass is 32.2. The predicted octanol–water partition coefficient (Wildman–Crippen LogP) is 2.47. The van der Waals surface area contributed by atoms with E-state index in [9.17, 15) is 8.42 Å². The zero-order valence-corrected chi connectivity index (χ0v) is 10.1. The fraction of sp³-hybridized carbons (Fsp3) is 0. The van der Waals surface area contributed by atoms with Gasteiger partial charge in [-0.25, -0.2) is 0 Å². The topological polar surface area (TPSA) is 78.2 Å². The minimum atomic E-state index is -4.29. The third-order valence-corrected chi connectivity index (χ3v) is 3.34. The van der Waals surface area contributed by atoms with Crippen molar-refractivity contribution in [2.75, 3.05) is 0 Å². The summed E-state index contributed by atoms with van der Waals surface area (Å²) in [4.78, 5) is -0.279. The van der Waals surface area contributed by atoms with Crippen LogP contribution in [0.15, 0.2) is 53.4 Å². The molecule has 0 aliphatic heterocycles. The summed E-state index contributed by atoms with van der Waals surface area (Å²) in [5.74, 6) is 0. The van der Waals surface area contributed by atoms with E-state index in [0.29, 0.717) is 5.56 Å². The van der Waals surface area contributed by atoms with E-state index in [1.165, 1.54) is 12.1 Å². The van der Waals surface area contributed by atoms with Gasteiger partial charge in [0.25, 0.3) is 10.1 Å². The van der Waals surface area contributed by atoms with E-state index in [1.807, 2.05) is 36.4 Å². The molecule has 0 aliphatic carbocycles. The molecule has 0 spiro atoms. The van der Waals surface area contributed by atoms with Gasteiger partial charge in [0.2, 0.25) is 0 Å². The Morgan fingerprint density at radius 2 is 1.72 bits per heavy atom. The molecule has 0 saturated carbocycles. The normalized spacial score (nSPS) is 10.9. The summed E-state index contributed by atoms with van der Waals surface area (Å²) in [5.41, 5.74) is 1.65. The van der Waals surface area contributed by atoms with Crippen molar-refractivity contribution in [3.05, 3.63) is 54.1 Å². The molecule has 0 atom stereocenters. The molecule has 2 aromatic rings. The van der Waals surface area contributed by atoms with E-state index in [4.69, 9.17) is 9.81 Å². The summed E-state index contributed by atoms with van der Waals surface area (Å²) in [6.45, 7) is 0. The fourth-order valence-corrected chi connectivity index (χ4v) is 2.15. The molecular formula is C13H9NO3S. The average Bonchev–Trinajstić information content (AvgIpc) is 2.38. The van der Waals surface area contributed by atoms with Gasteiger partial charge in [0.05, 0.1) is 16.5 Å². The second-order valence-corrected chi connectivity index (χ2v) is 5.08. The number of hydrogen-bond acceptors (Lipinski definition) is 3. The van der Waals surface area contributed by atoms with Crippen molar-refractivity contribution in [2.24, 2.45) is 0 Å². The molecule has 0 fully saturated rings. The van der Waals surface area contributed by atoms with Gasteiger partial charge in [0, 0.05) is 0 Å². The second-order valence-electron chi connectivity index (χ2n) is 3.66. The summed E-state index contributed by atoms with van der Waals surface area (Å²) >= 11 is 0. The van der Waals surface area contributed by atoms with Gasteiger partial charge in [-0.15, -0.1) is 0 Å². The molecule has 0 saturated heterocycles. The lowest BCUT2D eigenvalue weighted by Gasteiger charge is -2.05. The van der Waals surface area contributed by atoms with E-state index < -0.39 is 10.1 Å². The van der Waals surface area contributed by atoms with Crippen molar-refractivity contribution in [3.8, 4) is 17.2 Å². The number of hydrogen-bond donors (Lipinski definition) is 1. The maximum absolute atomic E-state index is 11.0. The minimum Gasteiger partial charge on any atom is -0.282 e. The number of nitriles is 1. The van der Waals surface area contributed by atoms with Crippen LogP contribution in [-0.2, 0) is 10.1 Å². The van der Waals surface area contributed by atoms with Gasteiger partial charge in [-0.05, 0) is 23.3 Å². The first-order valence-electron chi connectivity index (χ1n) is 5.09. The summed E-state index contributed by atoms with van der Waals surface area (Å²) in [5, 5.41) is 9.04. The molecule has 1 N–H and O–H groups in total. The molecule has 2 aromatic carbocycles.